The van der Waals surface area contributed by atoms with Crippen LogP contribution in [0.3, 0.4) is 0 Å². The highest BCUT2D eigenvalue weighted by molar-refractivity contribution is 7.80. The molecule has 1 aromatic carbocycles. The van der Waals surface area contributed by atoms with Gasteiger partial charge in [-0.2, -0.15) is 0 Å². The first kappa shape index (κ1) is 15.5. The summed E-state index contributed by atoms with van der Waals surface area (Å²) in [5.74, 6) is 0.956. The maximum Gasteiger partial charge on any atom is 0.103 e. The molecule has 0 aliphatic heterocycles. The Morgan fingerprint density at radius 3 is 2.60 bits per heavy atom. The Bertz CT molecular complexity index is 450. The summed E-state index contributed by atoms with van der Waals surface area (Å²) in [5.41, 5.74) is 7.98. The van der Waals surface area contributed by atoms with Crippen molar-refractivity contribution in [2.45, 2.75) is 51.6 Å². The first-order valence-electron chi connectivity index (χ1n) is 7.69. The third-order valence-corrected chi connectivity index (χ3v) is 4.90. The molecule has 0 spiro atoms. The maximum absolute atomic E-state index is 5.70. The van der Waals surface area contributed by atoms with Crippen molar-refractivity contribution in [2.24, 2.45) is 11.7 Å². The minimum absolute atomic E-state index is 0.484. The molecular weight excluding hydrogens is 264 g/mol. The Morgan fingerprint density at radius 1 is 1.30 bits per heavy atom. The Hall–Kier alpha value is -0.930. The fraction of sp³-hybridized carbons (Fsp3) is 0.588. The van der Waals surface area contributed by atoms with E-state index in [9.17, 15) is 0 Å². The molecule has 1 aromatic rings. The minimum atomic E-state index is 0.484. The van der Waals surface area contributed by atoms with Crippen LogP contribution in [0, 0.1) is 5.92 Å². The second-order valence-corrected chi connectivity index (χ2v) is 6.50. The van der Waals surface area contributed by atoms with E-state index in [0.717, 1.165) is 24.1 Å². The van der Waals surface area contributed by atoms with E-state index in [2.05, 4.69) is 31.0 Å². The molecule has 0 atom stereocenters. The molecular formula is C17H26N2S. The summed E-state index contributed by atoms with van der Waals surface area (Å²) in [6, 6.07) is 9.04. The lowest BCUT2D eigenvalue weighted by Crippen LogP contribution is -2.34. The van der Waals surface area contributed by atoms with Gasteiger partial charge in [0.05, 0.1) is 0 Å². The molecule has 0 aromatic heterocycles. The standard InChI is InChI=1S/C17H26N2S/c1-3-13-7-9-16(10-8-13)19(2)12-14-5-4-6-15(11-14)17(18)20/h4-6,11,13,16H,3,7-10,12H2,1-2H3,(H2,18,20). The van der Waals surface area contributed by atoms with Crippen LogP contribution >= 0.6 is 12.2 Å². The number of hydrogen-bond donors (Lipinski definition) is 1. The summed E-state index contributed by atoms with van der Waals surface area (Å²) >= 11 is 5.05. The molecule has 0 bridgehead atoms. The predicted molar refractivity (Wildman–Crippen MR) is 89.8 cm³/mol. The summed E-state index contributed by atoms with van der Waals surface area (Å²) in [6.45, 7) is 3.30. The van der Waals surface area contributed by atoms with Gasteiger partial charge >= 0.3 is 0 Å². The van der Waals surface area contributed by atoms with Crippen molar-refractivity contribution < 1.29 is 0 Å². The molecule has 0 unspecified atom stereocenters. The molecule has 1 aliphatic carbocycles. The molecule has 0 radical (unpaired) electrons. The first-order chi connectivity index (χ1) is 9.60. The van der Waals surface area contributed by atoms with Crippen LogP contribution in [0.5, 0.6) is 0 Å². The average Bonchev–Trinajstić information content (AvgIpc) is 2.47. The molecule has 0 amide bonds. The molecule has 2 rings (SSSR count). The van der Waals surface area contributed by atoms with Crippen molar-refractivity contribution in [2.75, 3.05) is 7.05 Å². The lowest BCUT2D eigenvalue weighted by atomic mass is 9.84. The number of rotatable bonds is 5. The van der Waals surface area contributed by atoms with Gasteiger partial charge in [0.25, 0.3) is 0 Å². The fourth-order valence-corrected chi connectivity index (χ4v) is 3.36. The zero-order valence-corrected chi connectivity index (χ0v) is 13.5. The molecule has 2 N–H and O–H groups in total. The van der Waals surface area contributed by atoms with E-state index in [-0.39, 0.29) is 0 Å². The number of hydrogen-bond acceptors (Lipinski definition) is 2. The van der Waals surface area contributed by atoms with Gasteiger partial charge in [-0.1, -0.05) is 43.8 Å². The largest absolute Gasteiger partial charge is 0.389 e. The van der Waals surface area contributed by atoms with Crippen molar-refractivity contribution in [1.82, 2.24) is 4.90 Å². The summed E-state index contributed by atoms with van der Waals surface area (Å²) < 4.78 is 0. The summed E-state index contributed by atoms with van der Waals surface area (Å²) in [6.07, 6.45) is 6.79. The minimum Gasteiger partial charge on any atom is -0.389 e. The highest BCUT2D eigenvalue weighted by Crippen LogP contribution is 2.29. The van der Waals surface area contributed by atoms with E-state index in [1.165, 1.54) is 37.7 Å². The summed E-state index contributed by atoms with van der Waals surface area (Å²) in [7, 11) is 2.24. The van der Waals surface area contributed by atoms with Crippen LogP contribution in [0.1, 0.15) is 50.2 Å². The molecule has 1 fully saturated rings. The Labute approximate surface area is 128 Å². The molecule has 1 saturated carbocycles. The van der Waals surface area contributed by atoms with Crippen molar-refractivity contribution in [3.63, 3.8) is 0 Å². The lowest BCUT2D eigenvalue weighted by Gasteiger charge is -2.34. The predicted octanol–water partition coefficient (Wildman–Crippen LogP) is 3.72. The van der Waals surface area contributed by atoms with Crippen LogP contribution in [0.4, 0.5) is 0 Å². The van der Waals surface area contributed by atoms with Crippen LogP contribution in [-0.4, -0.2) is 23.0 Å². The van der Waals surface area contributed by atoms with Gasteiger partial charge in [0, 0.05) is 18.2 Å². The fourth-order valence-electron chi connectivity index (χ4n) is 3.23. The van der Waals surface area contributed by atoms with Gasteiger partial charge in [-0.25, -0.2) is 0 Å². The number of benzene rings is 1. The average molecular weight is 290 g/mol. The molecule has 0 heterocycles. The van der Waals surface area contributed by atoms with Gasteiger partial charge in [0.2, 0.25) is 0 Å². The zero-order valence-electron chi connectivity index (χ0n) is 12.6. The van der Waals surface area contributed by atoms with Crippen LogP contribution in [0.2, 0.25) is 0 Å². The van der Waals surface area contributed by atoms with E-state index < -0.39 is 0 Å². The Balaban J connectivity index is 1.93. The molecule has 110 valence electrons. The van der Waals surface area contributed by atoms with Crippen LogP contribution in [0.25, 0.3) is 0 Å². The van der Waals surface area contributed by atoms with Crippen molar-refractivity contribution in [3.8, 4) is 0 Å². The highest BCUT2D eigenvalue weighted by Gasteiger charge is 2.22. The first-order valence-corrected chi connectivity index (χ1v) is 8.10. The monoisotopic (exact) mass is 290 g/mol. The second kappa shape index (κ2) is 7.19. The van der Waals surface area contributed by atoms with Gasteiger partial charge in [0.15, 0.2) is 0 Å². The van der Waals surface area contributed by atoms with Gasteiger partial charge in [-0.05, 0) is 50.3 Å². The number of nitrogens with two attached hydrogens (primary N) is 1. The molecule has 20 heavy (non-hydrogen) atoms. The van der Waals surface area contributed by atoms with Gasteiger partial charge < -0.3 is 5.73 Å². The van der Waals surface area contributed by atoms with Gasteiger partial charge in [-0.3, -0.25) is 4.90 Å². The maximum atomic E-state index is 5.70. The van der Waals surface area contributed by atoms with Crippen molar-refractivity contribution in [1.29, 1.82) is 0 Å². The van der Waals surface area contributed by atoms with Crippen molar-refractivity contribution in [3.05, 3.63) is 35.4 Å². The van der Waals surface area contributed by atoms with Crippen LogP contribution < -0.4 is 5.73 Å². The molecule has 2 nitrogen and oxygen atoms in total. The third-order valence-electron chi connectivity index (χ3n) is 4.66. The molecule has 1 aliphatic rings. The number of thiocarbonyl (C=S) groups is 1. The third kappa shape index (κ3) is 4.03. The second-order valence-electron chi connectivity index (χ2n) is 6.06. The van der Waals surface area contributed by atoms with Crippen molar-refractivity contribution >= 4 is 17.2 Å². The van der Waals surface area contributed by atoms with Crippen LogP contribution in [-0.2, 0) is 6.54 Å². The highest BCUT2D eigenvalue weighted by atomic mass is 32.1. The van der Waals surface area contributed by atoms with E-state index in [1.54, 1.807) is 0 Å². The summed E-state index contributed by atoms with van der Waals surface area (Å²) in [5, 5.41) is 0. The zero-order chi connectivity index (χ0) is 14.5. The van der Waals surface area contributed by atoms with E-state index in [1.807, 2.05) is 12.1 Å². The lowest BCUT2D eigenvalue weighted by molar-refractivity contribution is 0.157. The number of nitrogens with zero attached hydrogens (tertiary/aromatic N) is 1. The Morgan fingerprint density at radius 2 is 2.00 bits per heavy atom. The van der Waals surface area contributed by atoms with E-state index in [4.69, 9.17) is 18.0 Å². The SMILES string of the molecule is CCC1CCC(N(C)Cc2cccc(C(N)=S)c2)CC1. The van der Waals surface area contributed by atoms with Gasteiger partial charge in [-0.15, -0.1) is 0 Å². The van der Waals surface area contributed by atoms with Gasteiger partial charge in [0.1, 0.15) is 4.99 Å². The topological polar surface area (TPSA) is 29.3 Å². The Kier molecular flexibility index (Phi) is 5.55. The summed E-state index contributed by atoms with van der Waals surface area (Å²) in [4.78, 5) is 2.97. The normalized spacial score (nSPS) is 22.9. The smallest absolute Gasteiger partial charge is 0.103 e. The quantitative estimate of drug-likeness (QED) is 0.838. The van der Waals surface area contributed by atoms with Crippen LogP contribution in [0.15, 0.2) is 24.3 Å². The molecule has 3 heteroatoms. The van der Waals surface area contributed by atoms with E-state index >= 15 is 0 Å². The van der Waals surface area contributed by atoms with E-state index in [0.29, 0.717) is 4.99 Å². The molecule has 0 saturated heterocycles.